The number of rotatable bonds is 11. The fourth-order valence-corrected chi connectivity index (χ4v) is 7.05. The summed E-state index contributed by atoms with van der Waals surface area (Å²) < 4.78 is 12.5. The molecule has 1 N–H and O–H groups in total. The van der Waals surface area contributed by atoms with E-state index in [1.165, 1.54) is 0 Å². The highest BCUT2D eigenvalue weighted by Crippen LogP contribution is 2.57. The second-order valence-electron chi connectivity index (χ2n) is 11.6. The highest BCUT2D eigenvalue weighted by Gasteiger charge is 2.74. The number of ether oxygens (including phenoxy) is 2. The largest absolute Gasteiger partial charge is 0.494 e. The fourth-order valence-electron chi connectivity index (χ4n) is 7.05. The van der Waals surface area contributed by atoms with Crippen LogP contribution >= 0.6 is 0 Å². The van der Waals surface area contributed by atoms with Crippen molar-refractivity contribution < 1.29 is 29.0 Å². The van der Waals surface area contributed by atoms with Crippen molar-refractivity contribution in [3.05, 3.63) is 48.6 Å². The average Bonchev–Trinajstić information content (AvgIpc) is 3.22. The zero-order valence-corrected chi connectivity index (χ0v) is 24.5. The number of amides is 3. The first-order valence-corrected chi connectivity index (χ1v) is 15.1. The van der Waals surface area contributed by atoms with Crippen molar-refractivity contribution in [2.75, 3.05) is 44.3 Å². The van der Waals surface area contributed by atoms with Crippen LogP contribution in [0.4, 0.5) is 5.69 Å². The van der Waals surface area contributed by atoms with Crippen molar-refractivity contribution >= 4 is 23.4 Å². The van der Waals surface area contributed by atoms with Gasteiger partial charge in [-0.3, -0.25) is 14.4 Å². The smallest absolute Gasteiger partial charge is 0.249 e. The molecule has 1 spiro atoms. The van der Waals surface area contributed by atoms with Crippen LogP contribution < -0.4 is 9.64 Å². The number of hydrogen-bond donors (Lipinski definition) is 1. The van der Waals surface area contributed by atoms with Gasteiger partial charge in [0, 0.05) is 38.5 Å². The zero-order chi connectivity index (χ0) is 29.2. The topological polar surface area (TPSA) is 99.6 Å². The Morgan fingerprint density at radius 2 is 1.66 bits per heavy atom. The second-order valence-corrected chi connectivity index (χ2v) is 11.6. The van der Waals surface area contributed by atoms with E-state index in [0.29, 0.717) is 45.6 Å². The number of unbranched alkanes of at least 4 members (excludes halogenated alkanes) is 3. The van der Waals surface area contributed by atoms with Gasteiger partial charge >= 0.3 is 0 Å². The van der Waals surface area contributed by atoms with E-state index in [4.69, 9.17) is 9.47 Å². The summed E-state index contributed by atoms with van der Waals surface area (Å²) >= 11 is 0. The minimum atomic E-state index is -1.24. The second kappa shape index (κ2) is 12.0. The number of carbonyl (C=O) groups excluding carboxylic acids is 3. The highest BCUT2D eigenvalue weighted by molar-refractivity contribution is 6.04. The number of hydrogen-bond acceptors (Lipinski definition) is 6. The molecule has 0 radical (unpaired) electrons. The molecule has 0 aliphatic carbocycles. The van der Waals surface area contributed by atoms with Gasteiger partial charge in [-0.05, 0) is 63.8 Å². The molecular formula is C32H43N3O6. The maximum atomic E-state index is 14.4. The number of anilines is 1. The molecule has 3 amide bonds. The molecule has 9 nitrogen and oxygen atoms in total. The number of aliphatic hydroxyl groups excluding tert-OH is 1. The number of nitrogens with zero attached hydrogens (tertiary/aromatic N) is 3. The Labute approximate surface area is 242 Å². The van der Waals surface area contributed by atoms with E-state index in [2.05, 4.69) is 6.92 Å². The third-order valence-electron chi connectivity index (χ3n) is 8.94. The van der Waals surface area contributed by atoms with E-state index in [1.54, 1.807) is 9.80 Å². The van der Waals surface area contributed by atoms with E-state index in [-0.39, 0.29) is 24.3 Å². The first kappa shape index (κ1) is 29.3. The van der Waals surface area contributed by atoms with Crippen LogP contribution in [0.15, 0.2) is 48.6 Å². The van der Waals surface area contributed by atoms with Gasteiger partial charge in [0.2, 0.25) is 17.7 Å². The van der Waals surface area contributed by atoms with Gasteiger partial charge in [0.25, 0.3) is 0 Å². The first-order valence-electron chi connectivity index (χ1n) is 15.1. The van der Waals surface area contributed by atoms with Crippen molar-refractivity contribution in [1.82, 2.24) is 9.80 Å². The van der Waals surface area contributed by atoms with Gasteiger partial charge in [-0.25, -0.2) is 0 Å². The van der Waals surface area contributed by atoms with E-state index >= 15 is 0 Å². The third-order valence-corrected chi connectivity index (χ3v) is 8.94. The Morgan fingerprint density at radius 3 is 2.37 bits per heavy atom. The minimum absolute atomic E-state index is 0.0855. The first-order chi connectivity index (χ1) is 19.8. The van der Waals surface area contributed by atoms with Gasteiger partial charge in [0.1, 0.15) is 17.4 Å². The summed E-state index contributed by atoms with van der Waals surface area (Å²) in [7, 11) is 0. The van der Waals surface area contributed by atoms with Crippen molar-refractivity contribution in [3.8, 4) is 5.75 Å². The molecule has 0 aromatic heterocycles. The Kier molecular flexibility index (Phi) is 8.57. The van der Waals surface area contributed by atoms with Crippen LogP contribution in [0.1, 0.15) is 52.9 Å². The Bertz CT molecular complexity index is 1200. The van der Waals surface area contributed by atoms with Crippen LogP contribution in [0.2, 0.25) is 0 Å². The number of benzene rings is 1. The molecule has 4 heterocycles. The van der Waals surface area contributed by atoms with Crippen molar-refractivity contribution in [2.45, 2.75) is 70.1 Å². The highest BCUT2D eigenvalue weighted by atomic mass is 16.5. The molecule has 222 valence electrons. The number of likely N-dealkylation sites (tertiary alicyclic amines) is 1. The maximum Gasteiger partial charge on any atom is 0.249 e. The Balaban J connectivity index is 1.54. The van der Waals surface area contributed by atoms with Gasteiger partial charge in [-0.15, -0.1) is 0 Å². The lowest BCUT2D eigenvalue weighted by atomic mass is 9.74. The molecule has 4 aliphatic heterocycles. The molecule has 5 atom stereocenters. The summed E-state index contributed by atoms with van der Waals surface area (Å²) in [5.74, 6) is -1.43. The molecule has 0 bridgehead atoms. The molecule has 2 fully saturated rings. The Morgan fingerprint density at radius 1 is 0.902 bits per heavy atom. The zero-order valence-electron chi connectivity index (χ0n) is 24.5. The summed E-state index contributed by atoms with van der Waals surface area (Å²) in [6.45, 7) is 8.30. The monoisotopic (exact) mass is 565 g/mol. The molecular weight excluding hydrogens is 522 g/mol. The lowest BCUT2D eigenvalue weighted by molar-refractivity contribution is -0.151. The average molecular weight is 566 g/mol. The van der Waals surface area contributed by atoms with Gasteiger partial charge in [0.15, 0.2) is 0 Å². The molecule has 1 aromatic carbocycles. The van der Waals surface area contributed by atoms with Gasteiger partial charge in [-0.2, -0.15) is 0 Å². The summed E-state index contributed by atoms with van der Waals surface area (Å²) in [5.41, 5.74) is -1.58. The van der Waals surface area contributed by atoms with Crippen molar-refractivity contribution in [1.29, 1.82) is 0 Å². The fraction of sp³-hybridized carbons (Fsp3) is 0.594. The van der Waals surface area contributed by atoms with Crippen molar-refractivity contribution in [2.24, 2.45) is 11.8 Å². The molecule has 41 heavy (non-hydrogen) atoms. The van der Waals surface area contributed by atoms with Crippen LogP contribution in [0.25, 0.3) is 0 Å². The predicted octanol–water partition coefficient (Wildman–Crippen LogP) is 3.32. The van der Waals surface area contributed by atoms with Crippen LogP contribution in [0.5, 0.6) is 5.75 Å². The number of aliphatic hydroxyl groups is 1. The summed E-state index contributed by atoms with van der Waals surface area (Å²) in [6.07, 6.45) is 11.5. The van der Waals surface area contributed by atoms with Crippen LogP contribution in [0.3, 0.4) is 0 Å². The molecule has 2 saturated heterocycles. The summed E-state index contributed by atoms with van der Waals surface area (Å²) in [4.78, 5) is 48.2. The lowest BCUT2D eigenvalue weighted by Crippen LogP contribution is -2.56. The van der Waals surface area contributed by atoms with Gasteiger partial charge < -0.3 is 29.3 Å². The molecule has 5 rings (SSSR count). The van der Waals surface area contributed by atoms with Crippen molar-refractivity contribution in [3.63, 3.8) is 0 Å². The molecule has 1 unspecified atom stereocenters. The van der Waals surface area contributed by atoms with E-state index in [1.807, 2.05) is 67.3 Å². The maximum absolute atomic E-state index is 14.4. The van der Waals surface area contributed by atoms with Crippen LogP contribution in [-0.4, -0.2) is 89.3 Å². The molecule has 1 aromatic rings. The van der Waals surface area contributed by atoms with Crippen LogP contribution in [-0.2, 0) is 19.1 Å². The molecule has 9 heteroatoms. The molecule has 4 aliphatic rings. The van der Waals surface area contributed by atoms with E-state index in [9.17, 15) is 19.5 Å². The third kappa shape index (κ3) is 5.07. The minimum Gasteiger partial charge on any atom is -0.494 e. The predicted molar refractivity (Wildman–Crippen MR) is 155 cm³/mol. The van der Waals surface area contributed by atoms with Gasteiger partial charge in [0.05, 0.1) is 24.0 Å². The standard InChI is InChI=1S/C32H43N3O6/c1-4-6-18-33-19-11-17-32-26(29(38)35(27(32)30(33)39)20-8-7-9-22-36)25-28(37)34(21-10-16-31(25,3)41-32)23-12-14-24(15-13-23)40-5-2/h10-17,25-27,36H,4-9,18-22H2,1-3H3/t25-,26-,27?,31+,32-/m0/s1. The van der Waals surface area contributed by atoms with Crippen LogP contribution in [0, 0.1) is 11.8 Å². The van der Waals surface area contributed by atoms with Gasteiger partial charge in [-0.1, -0.05) is 37.6 Å². The quantitative estimate of drug-likeness (QED) is 0.327. The number of fused-ring (bicyclic) bond motifs is 2. The molecule has 0 saturated carbocycles. The summed E-state index contributed by atoms with van der Waals surface area (Å²) in [5, 5.41) is 9.27. The SMILES string of the molecule is CCCCN1CC=C[C@]23O[C@]4(C)C=CCN(c5ccc(OCC)cc5)C(=O)[C@@H]4[C@H]2C(=O)N(CCCCCO)C3C1=O. The number of carbonyl (C=O) groups is 3. The summed E-state index contributed by atoms with van der Waals surface area (Å²) in [6, 6.07) is 6.56. The van der Waals surface area contributed by atoms with E-state index in [0.717, 1.165) is 30.7 Å². The van der Waals surface area contributed by atoms with E-state index < -0.39 is 29.1 Å². The lowest BCUT2D eigenvalue weighted by Gasteiger charge is -2.37. The Hall–Kier alpha value is -3.17. The normalized spacial score (nSPS) is 30.8.